The van der Waals surface area contributed by atoms with Crippen molar-refractivity contribution in [2.45, 2.75) is 0 Å². The summed E-state index contributed by atoms with van der Waals surface area (Å²) < 4.78 is 7.70. The predicted octanol–water partition coefficient (Wildman–Crippen LogP) is 4.23. The van der Waals surface area contributed by atoms with Crippen molar-refractivity contribution in [3.63, 3.8) is 0 Å². The molecule has 4 rings (SSSR count). The summed E-state index contributed by atoms with van der Waals surface area (Å²) in [4.78, 5) is 14.2. The van der Waals surface area contributed by atoms with E-state index in [9.17, 15) is 4.79 Å². The molecule has 0 unspecified atom stereocenters. The summed E-state index contributed by atoms with van der Waals surface area (Å²) in [6, 6.07) is 25.8. The van der Waals surface area contributed by atoms with Crippen LogP contribution in [0.15, 0.2) is 90.2 Å². The molecular weight excluding hydrogens is 388 g/mol. The molecule has 0 aliphatic carbocycles. The molecule has 0 fully saturated rings. The zero-order valence-corrected chi connectivity index (χ0v) is 17.5. The highest BCUT2D eigenvalue weighted by molar-refractivity contribution is 5.89. The van der Waals surface area contributed by atoms with Crippen LogP contribution in [0.4, 0.5) is 5.69 Å². The number of aromatic nitrogens is 1. The third-order valence-electron chi connectivity index (χ3n) is 4.92. The number of nitrogens with zero attached hydrogens (tertiary/aromatic N) is 3. The molecule has 4 aromatic rings. The second-order valence-corrected chi connectivity index (χ2v) is 7.27. The molecule has 0 spiro atoms. The van der Waals surface area contributed by atoms with Crippen molar-refractivity contribution in [1.82, 2.24) is 9.99 Å². The molecule has 1 N–H and O–H groups in total. The Labute approximate surface area is 181 Å². The quantitative estimate of drug-likeness (QED) is 0.365. The largest absolute Gasteiger partial charge is 0.483 e. The highest BCUT2D eigenvalue weighted by Crippen LogP contribution is 2.25. The van der Waals surface area contributed by atoms with Crippen molar-refractivity contribution in [3.8, 4) is 11.4 Å². The SMILES string of the molecule is CN(C)c1ccc(-n2cccc2/C=N/NC(=O)COc2cccc3ccccc23)cc1. The molecule has 6 nitrogen and oxygen atoms in total. The van der Waals surface area contributed by atoms with Crippen molar-refractivity contribution in [1.29, 1.82) is 0 Å². The second kappa shape index (κ2) is 9.17. The Hall–Kier alpha value is -4.06. The molecule has 0 aliphatic heterocycles. The van der Waals surface area contributed by atoms with Gasteiger partial charge in [0.25, 0.3) is 5.91 Å². The Morgan fingerprint density at radius 3 is 2.58 bits per heavy atom. The van der Waals surface area contributed by atoms with E-state index in [2.05, 4.69) is 27.6 Å². The van der Waals surface area contributed by atoms with Gasteiger partial charge >= 0.3 is 0 Å². The molecule has 0 saturated heterocycles. The van der Waals surface area contributed by atoms with Crippen molar-refractivity contribution in [2.24, 2.45) is 5.10 Å². The van der Waals surface area contributed by atoms with Gasteiger partial charge in [-0.2, -0.15) is 5.10 Å². The van der Waals surface area contributed by atoms with Gasteiger partial charge in [0.15, 0.2) is 6.61 Å². The molecule has 0 bridgehead atoms. The summed E-state index contributed by atoms with van der Waals surface area (Å²) in [5, 5.41) is 6.13. The summed E-state index contributed by atoms with van der Waals surface area (Å²) in [5.74, 6) is 0.352. The second-order valence-electron chi connectivity index (χ2n) is 7.27. The van der Waals surface area contributed by atoms with Gasteiger partial charge < -0.3 is 14.2 Å². The minimum atomic E-state index is -0.322. The summed E-state index contributed by atoms with van der Waals surface area (Å²) in [6.45, 7) is -0.113. The summed E-state index contributed by atoms with van der Waals surface area (Å²) >= 11 is 0. The van der Waals surface area contributed by atoms with Crippen LogP contribution in [-0.4, -0.2) is 37.4 Å². The molecule has 6 heteroatoms. The first-order chi connectivity index (χ1) is 15.1. The average Bonchev–Trinajstić information content (AvgIpc) is 3.26. The third-order valence-corrected chi connectivity index (χ3v) is 4.92. The van der Waals surface area contributed by atoms with Crippen LogP contribution < -0.4 is 15.1 Å². The number of hydrogen-bond acceptors (Lipinski definition) is 4. The molecule has 156 valence electrons. The van der Waals surface area contributed by atoms with Crippen molar-refractivity contribution in [3.05, 3.63) is 90.8 Å². The van der Waals surface area contributed by atoms with Gasteiger partial charge in [0.05, 0.1) is 11.9 Å². The Kier molecular flexibility index (Phi) is 5.98. The number of benzene rings is 3. The minimum absolute atomic E-state index is 0.113. The van der Waals surface area contributed by atoms with Crippen LogP contribution in [-0.2, 0) is 4.79 Å². The van der Waals surface area contributed by atoms with Gasteiger partial charge in [-0.1, -0.05) is 36.4 Å². The van der Waals surface area contributed by atoms with Gasteiger partial charge in [0, 0.05) is 37.1 Å². The lowest BCUT2D eigenvalue weighted by Crippen LogP contribution is -2.24. The fourth-order valence-electron chi connectivity index (χ4n) is 3.31. The van der Waals surface area contributed by atoms with E-state index in [4.69, 9.17) is 4.74 Å². The van der Waals surface area contributed by atoms with Crippen molar-refractivity contribution >= 4 is 28.6 Å². The maximum absolute atomic E-state index is 12.2. The highest BCUT2D eigenvalue weighted by atomic mass is 16.5. The number of hydrogen-bond donors (Lipinski definition) is 1. The zero-order valence-electron chi connectivity index (χ0n) is 17.5. The summed E-state index contributed by atoms with van der Waals surface area (Å²) in [6.07, 6.45) is 3.58. The first-order valence-corrected chi connectivity index (χ1v) is 9.99. The lowest BCUT2D eigenvalue weighted by molar-refractivity contribution is -0.123. The normalized spacial score (nSPS) is 11.0. The van der Waals surface area contributed by atoms with Crippen LogP contribution in [0.5, 0.6) is 5.75 Å². The zero-order chi connectivity index (χ0) is 21.6. The smallest absolute Gasteiger partial charge is 0.277 e. The van der Waals surface area contributed by atoms with Gasteiger partial charge in [-0.05, 0) is 47.9 Å². The van der Waals surface area contributed by atoms with E-state index in [1.807, 2.05) is 91.6 Å². The average molecular weight is 412 g/mol. The number of carbonyl (C=O) groups excluding carboxylic acids is 1. The van der Waals surface area contributed by atoms with E-state index < -0.39 is 0 Å². The van der Waals surface area contributed by atoms with E-state index in [1.54, 1.807) is 6.21 Å². The predicted molar refractivity (Wildman–Crippen MR) is 125 cm³/mol. The first-order valence-electron chi connectivity index (χ1n) is 9.99. The van der Waals surface area contributed by atoms with E-state index in [0.717, 1.165) is 27.8 Å². The minimum Gasteiger partial charge on any atom is -0.483 e. The van der Waals surface area contributed by atoms with Crippen LogP contribution in [0.2, 0.25) is 0 Å². The van der Waals surface area contributed by atoms with Gasteiger partial charge in [-0.15, -0.1) is 0 Å². The number of hydrazone groups is 1. The standard InChI is InChI=1S/C25H24N4O2/c1-28(2)20-12-14-21(15-13-20)29-16-6-9-22(29)17-26-27-25(30)18-31-24-11-5-8-19-7-3-4-10-23(19)24/h3-17H,18H2,1-2H3,(H,27,30)/b26-17+. The highest BCUT2D eigenvalue weighted by Gasteiger charge is 2.06. The third kappa shape index (κ3) is 4.75. The van der Waals surface area contributed by atoms with Crippen molar-refractivity contribution in [2.75, 3.05) is 25.6 Å². The molecule has 0 aliphatic rings. The van der Waals surface area contributed by atoms with Crippen LogP contribution in [0, 0.1) is 0 Å². The molecule has 1 aromatic heterocycles. The lowest BCUT2D eigenvalue weighted by Gasteiger charge is -2.13. The Balaban J connectivity index is 1.37. The lowest BCUT2D eigenvalue weighted by atomic mass is 10.1. The summed E-state index contributed by atoms with van der Waals surface area (Å²) in [5.41, 5.74) is 5.53. The van der Waals surface area contributed by atoms with E-state index in [1.165, 1.54) is 0 Å². The van der Waals surface area contributed by atoms with Crippen LogP contribution in [0.3, 0.4) is 0 Å². The van der Waals surface area contributed by atoms with Crippen LogP contribution in [0.1, 0.15) is 5.69 Å². The van der Waals surface area contributed by atoms with E-state index in [0.29, 0.717) is 5.75 Å². The maximum Gasteiger partial charge on any atom is 0.277 e. The van der Waals surface area contributed by atoms with Gasteiger partial charge in [0.2, 0.25) is 0 Å². The molecule has 0 atom stereocenters. The number of rotatable bonds is 7. The van der Waals surface area contributed by atoms with E-state index >= 15 is 0 Å². The first kappa shape index (κ1) is 20.2. The number of amides is 1. The molecule has 3 aromatic carbocycles. The van der Waals surface area contributed by atoms with Gasteiger partial charge in [-0.25, -0.2) is 5.43 Å². The van der Waals surface area contributed by atoms with Crippen LogP contribution in [0.25, 0.3) is 16.5 Å². The van der Waals surface area contributed by atoms with Gasteiger partial charge in [-0.3, -0.25) is 4.79 Å². The summed E-state index contributed by atoms with van der Waals surface area (Å²) in [7, 11) is 4.02. The fraction of sp³-hybridized carbons (Fsp3) is 0.120. The monoisotopic (exact) mass is 412 g/mol. The number of fused-ring (bicyclic) bond motifs is 1. The topological polar surface area (TPSA) is 58.9 Å². The van der Waals surface area contributed by atoms with Crippen LogP contribution >= 0.6 is 0 Å². The molecule has 0 radical (unpaired) electrons. The van der Waals surface area contributed by atoms with E-state index in [-0.39, 0.29) is 12.5 Å². The molecular formula is C25H24N4O2. The molecule has 1 amide bonds. The van der Waals surface area contributed by atoms with Gasteiger partial charge in [0.1, 0.15) is 5.75 Å². The number of nitrogens with one attached hydrogen (secondary N) is 1. The molecule has 0 saturated carbocycles. The number of carbonyl (C=O) groups is 1. The Morgan fingerprint density at radius 2 is 1.77 bits per heavy atom. The Morgan fingerprint density at radius 1 is 1.00 bits per heavy atom. The number of ether oxygens (including phenoxy) is 1. The number of anilines is 1. The fourth-order valence-corrected chi connectivity index (χ4v) is 3.31. The molecule has 1 heterocycles. The maximum atomic E-state index is 12.2. The molecule has 31 heavy (non-hydrogen) atoms. The van der Waals surface area contributed by atoms with Crippen molar-refractivity contribution < 1.29 is 9.53 Å². The Bertz CT molecular complexity index is 1200.